The van der Waals surface area contributed by atoms with E-state index in [0.29, 0.717) is 0 Å². The molecule has 5 nitrogen and oxygen atoms in total. The highest BCUT2D eigenvalue weighted by Gasteiger charge is 2.13. The van der Waals surface area contributed by atoms with Crippen LogP contribution in [0.2, 0.25) is 0 Å². The van der Waals surface area contributed by atoms with Gasteiger partial charge in [-0.3, -0.25) is 4.79 Å². The van der Waals surface area contributed by atoms with Gasteiger partial charge < -0.3 is 15.5 Å². The third kappa shape index (κ3) is 10.8. The Balaban J connectivity index is 0.00000484. The van der Waals surface area contributed by atoms with E-state index in [9.17, 15) is 4.79 Å². The quantitative estimate of drug-likeness (QED) is 0.265. The third-order valence-electron chi connectivity index (χ3n) is 4.23. The maximum absolute atomic E-state index is 11.7. The average Bonchev–Trinajstić information content (AvgIpc) is 2.53. The fourth-order valence-electron chi connectivity index (χ4n) is 2.68. The number of amides is 1. The maximum Gasteiger partial charge on any atom is 0.243 e. The number of halogens is 1. The van der Waals surface area contributed by atoms with Crippen LogP contribution in [0, 0.1) is 5.92 Å². The van der Waals surface area contributed by atoms with Gasteiger partial charge in [0.15, 0.2) is 5.96 Å². The zero-order valence-corrected chi connectivity index (χ0v) is 17.4. The van der Waals surface area contributed by atoms with Crippen molar-refractivity contribution in [2.45, 2.75) is 58.3 Å². The lowest BCUT2D eigenvalue weighted by Crippen LogP contribution is -2.41. The minimum Gasteiger partial charge on any atom is -0.356 e. The number of rotatable bonds is 8. The van der Waals surface area contributed by atoms with Gasteiger partial charge in [-0.05, 0) is 25.2 Å². The van der Waals surface area contributed by atoms with E-state index in [2.05, 4.69) is 22.5 Å². The molecule has 23 heavy (non-hydrogen) atoms. The summed E-state index contributed by atoms with van der Waals surface area (Å²) in [5.74, 6) is 1.57. The van der Waals surface area contributed by atoms with Crippen LogP contribution in [0.1, 0.15) is 58.3 Å². The predicted molar refractivity (Wildman–Crippen MR) is 109 cm³/mol. The van der Waals surface area contributed by atoms with Crippen LogP contribution in [-0.2, 0) is 4.79 Å². The molecule has 0 aromatic carbocycles. The van der Waals surface area contributed by atoms with Crippen LogP contribution in [0.25, 0.3) is 0 Å². The van der Waals surface area contributed by atoms with E-state index < -0.39 is 0 Å². The van der Waals surface area contributed by atoms with Crippen LogP contribution >= 0.6 is 24.0 Å². The Morgan fingerprint density at radius 3 is 2.43 bits per heavy atom. The summed E-state index contributed by atoms with van der Waals surface area (Å²) in [7, 11) is 3.53. The highest BCUT2D eigenvalue weighted by atomic mass is 127. The van der Waals surface area contributed by atoms with Crippen molar-refractivity contribution in [2.75, 3.05) is 33.7 Å². The molecule has 2 N–H and O–H groups in total. The predicted octanol–water partition coefficient (Wildman–Crippen LogP) is 3.00. The molecular weight excluding hydrogens is 403 g/mol. The molecule has 1 rings (SSSR count). The summed E-state index contributed by atoms with van der Waals surface area (Å²) < 4.78 is 0. The first-order valence-electron chi connectivity index (χ1n) is 8.85. The summed E-state index contributed by atoms with van der Waals surface area (Å²) in [5.41, 5.74) is 0. The Hall–Kier alpha value is -0.530. The second-order valence-corrected chi connectivity index (χ2v) is 6.47. The lowest BCUT2D eigenvalue weighted by atomic mass is 9.89. The van der Waals surface area contributed by atoms with E-state index in [0.717, 1.165) is 31.4 Å². The van der Waals surface area contributed by atoms with E-state index in [1.165, 1.54) is 44.9 Å². The van der Waals surface area contributed by atoms with Crippen LogP contribution in [0.15, 0.2) is 4.99 Å². The summed E-state index contributed by atoms with van der Waals surface area (Å²) >= 11 is 0. The summed E-state index contributed by atoms with van der Waals surface area (Å²) in [6.07, 6.45) is 10.3. The largest absolute Gasteiger partial charge is 0.356 e. The molecule has 0 radical (unpaired) electrons. The molecule has 0 unspecified atom stereocenters. The van der Waals surface area contributed by atoms with Crippen LogP contribution < -0.4 is 10.6 Å². The summed E-state index contributed by atoms with van der Waals surface area (Å²) in [4.78, 5) is 17.7. The van der Waals surface area contributed by atoms with Crippen molar-refractivity contribution < 1.29 is 4.79 Å². The lowest BCUT2D eigenvalue weighted by Gasteiger charge is -2.23. The number of aliphatic imine (C=N–C) groups is 1. The summed E-state index contributed by atoms with van der Waals surface area (Å²) in [5, 5.41) is 6.79. The van der Waals surface area contributed by atoms with E-state index in [1.807, 2.05) is 0 Å². The van der Waals surface area contributed by atoms with Crippen molar-refractivity contribution >= 4 is 35.8 Å². The molecule has 0 saturated heterocycles. The minimum absolute atomic E-state index is 0. The van der Waals surface area contributed by atoms with Crippen molar-refractivity contribution in [1.29, 1.82) is 0 Å². The molecule has 0 heterocycles. The Bertz CT molecular complexity index is 341. The molecule has 1 saturated carbocycles. The summed E-state index contributed by atoms with van der Waals surface area (Å²) in [6, 6.07) is 0. The smallest absolute Gasteiger partial charge is 0.243 e. The fraction of sp³-hybridized carbons (Fsp3) is 0.882. The maximum atomic E-state index is 11.7. The van der Waals surface area contributed by atoms with Gasteiger partial charge in [0, 0.05) is 27.2 Å². The van der Waals surface area contributed by atoms with E-state index in [1.54, 1.807) is 19.0 Å². The van der Waals surface area contributed by atoms with Gasteiger partial charge in [-0.25, -0.2) is 4.99 Å². The Kier molecular flexibility index (Phi) is 13.5. The number of guanidine groups is 1. The van der Waals surface area contributed by atoms with Crippen LogP contribution in [0.3, 0.4) is 0 Å². The number of likely N-dealkylation sites (N-methyl/N-ethyl adjacent to an activating group) is 1. The average molecular weight is 438 g/mol. The minimum atomic E-state index is 0. The number of hydrogen-bond donors (Lipinski definition) is 2. The molecule has 0 aromatic rings. The molecular formula is C17H35IN4O. The first-order chi connectivity index (χ1) is 10.6. The molecule has 6 heteroatoms. The van der Waals surface area contributed by atoms with Crippen molar-refractivity contribution in [2.24, 2.45) is 10.9 Å². The first kappa shape index (κ1) is 22.5. The van der Waals surface area contributed by atoms with Crippen molar-refractivity contribution in [3.05, 3.63) is 0 Å². The van der Waals surface area contributed by atoms with Crippen molar-refractivity contribution in [3.63, 3.8) is 0 Å². The van der Waals surface area contributed by atoms with Crippen LogP contribution in [0.5, 0.6) is 0 Å². The summed E-state index contributed by atoms with van der Waals surface area (Å²) in [6.45, 7) is 4.29. The first-order valence-corrected chi connectivity index (χ1v) is 8.85. The number of nitrogens with zero attached hydrogens (tertiary/aromatic N) is 2. The topological polar surface area (TPSA) is 56.7 Å². The molecule has 1 aliphatic rings. The van der Waals surface area contributed by atoms with Gasteiger partial charge in [-0.2, -0.15) is 0 Å². The van der Waals surface area contributed by atoms with E-state index in [-0.39, 0.29) is 36.4 Å². The highest BCUT2D eigenvalue weighted by molar-refractivity contribution is 14.0. The normalized spacial score (nSPS) is 15.7. The van der Waals surface area contributed by atoms with Gasteiger partial charge in [0.25, 0.3) is 0 Å². The van der Waals surface area contributed by atoms with Gasteiger partial charge >= 0.3 is 0 Å². The number of unbranched alkanes of at least 4 members (excludes halogenated alkanes) is 2. The van der Waals surface area contributed by atoms with E-state index in [4.69, 9.17) is 0 Å². The fourth-order valence-corrected chi connectivity index (χ4v) is 2.68. The van der Waals surface area contributed by atoms with Gasteiger partial charge in [0.2, 0.25) is 5.91 Å². The molecule has 1 amide bonds. The standard InChI is InChI=1S/C17H34N4O.HI/c1-4-5-9-12-18-17(20-14-16(22)21(2)3)19-13-15-10-7-6-8-11-15;/h15H,4-14H2,1-3H3,(H2,18,19,20);1H. The van der Waals surface area contributed by atoms with Gasteiger partial charge in [-0.1, -0.05) is 39.0 Å². The number of hydrogen-bond acceptors (Lipinski definition) is 2. The Morgan fingerprint density at radius 1 is 1.13 bits per heavy atom. The molecule has 136 valence electrons. The van der Waals surface area contributed by atoms with Crippen LogP contribution in [0.4, 0.5) is 0 Å². The molecule has 0 bridgehead atoms. The highest BCUT2D eigenvalue weighted by Crippen LogP contribution is 2.22. The number of nitrogens with one attached hydrogen (secondary N) is 2. The lowest BCUT2D eigenvalue weighted by molar-refractivity contribution is -0.127. The van der Waals surface area contributed by atoms with Crippen molar-refractivity contribution in [3.8, 4) is 0 Å². The molecule has 0 spiro atoms. The second kappa shape index (κ2) is 13.9. The molecule has 0 atom stereocenters. The molecule has 1 aliphatic carbocycles. The number of carbonyl (C=O) groups excluding carboxylic acids is 1. The molecule has 1 fully saturated rings. The third-order valence-corrected chi connectivity index (χ3v) is 4.23. The monoisotopic (exact) mass is 438 g/mol. The zero-order valence-electron chi connectivity index (χ0n) is 15.1. The Morgan fingerprint density at radius 2 is 1.83 bits per heavy atom. The van der Waals surface area contributed by atoms with E-state index >= 15 is 0 Å². The van der Waals surface area contributed by atoms with Gasteiger partial charge in [0.05, 0.1) is 0 Å². The van der Waals surface area contributed by atoms with Gasteiger partial charge in [0.1, 0.15) is 6.54 Å². The van der Waals surface area contributed by atoms with Gasteiger partial charge in [-0.15, -0.1) is 24.0 Å². The van der Waals surface area contributed by atoms with Crippen LogP contribution in [-0.4, -0.2) is 50.5 Å². The number of carbonyl (C=O) groups is 1. The molecule has 0 aromatic heterocycles. The molecule has 0 aliphatic heterocycles. The zero-order chi connectivity index (χ0) is 16.2. The second-order valence-electron chi connectivity index (χ2n) is 6.47. The van der Waals surface area contributed by atoms with Crippen molar-refractivity contribution in [1.82, 2.24) is 15.5 Å². The SMILES string of the molecule is CCCCCNC(=NCC(=O)N(C)C)NCC1CCCCC1.I. The Labute approximate surface area is 159 Å².